The summed E-state index contributed by atoms with van der Waals surface area (Å²) in [6.45, 7) is 0.579. The van der Waals surface area contributed by atoms with Crippen LogP contribution in [0.2, 0.25) is 0 Å². The van der Waals surface area contributed by atoms with E-state index in [0.29, 0.717) is 18.5 Å². The maximum atomic E-state index is 13.1. The first-order valence-electron chi connectivity index (χ1n) is 8.30. The summed E-state index contributed by atoms with van der Waals surface area (Å²) in [7, 11) is 0. The highest BCUT2D eigenvalue weighted by Gasteiger charge is 2.36. The van der Waals surface area contributed by atoms with Gasteiger partial charge in [0.2, 0.25) is 0 Å². The van der Waals surface area contributed by atoms with Crippen LogP contribution in [-0.2, 0) is 6.18 Å². The van der Waals surface area contributed by atoms with Crippen molar-refractivity contribution in [2.24, 2.45) is 0 Å². The molecule has 1 aromatic heterocycles. The average molecular weight is 379 g/mol. The number of carboxylic acid groups (broad SMARTS) is 1. The molecule has 0 unspecified atom stereocenters. The summed E-state index contributed by atoms with van der Waals surface area (Å²) >= 11 is 0. The maximum absolute atomic E-state index is 13.1. The number of likely N-dealkylation sites (tertiary alicyclic amines) is 1. The molecule has 27 heavy (non-hydrogen) atoms. The van der Waals surface area contributed by atoms with Crippen molar-refractivity contribution < 1.29 is 27.9 Å². The Kier molecular flexibility index (Phi) is 5.11. The van der Waals surface area contributed by atoms with E-state index in [1.54, 1.807) is 6.07 Å². The third-order valence-corrected chi connectivity index (χ3v) is 4.57. The first kappa shape index (κ1) is 18.8. The summed E-state index contributed by atoms with van der Waals surface area (Å²) in [5, 5.41) is 16.4. The normalized spacial score (nSPS) is 15.6. The highest BCUT2D eigenvalue weighted by atomic mass is 19.4. The van der Waals surface area contributed by atoms with E-state index in [0.717, 1.165) is 6.07 Å². The van der Waals surface area contributed by atoms with E-state index >= 15 is 0 Å². The van der Waals surface area contributed by atoms with Gasteiger partial charge in [-0.25, -0.2) is 4.79 Å². The zero-order chi connectivity index (χ0) is 19.6. The molecule has 1 fully saturated rings. The molecule has 1 aliphatic heterocycles. The molecular formula is C18H16F3N3O3. The molecule has 3 rings (SSSR count). The van der Waals surface area contributed by atoms with Crippen LogP contribution >= 0.6 is 0 Å². The van der Waals surface area contributed by atoms with Gasteiger partial charge in [-0.1, -0.05) is 12.1 Å². The van der Waals surface area contributed by atoms with Crippen LogP contribution in [0.1, 0.15) is 50.9 Å². The lowest BCUT2D eigenvalue weighted by molar-refractivity contribution is -0.138. The second-order valence-corrected chi connectivity index (χ2v) is 6.26. The molecule has 0 saturated carbocycles. The van der Waals surface area contributed by atoms with Crippen LogP contribution in [0.5, 0.6) is 0 Å². The molecule has 2 heterocycles. The molecule has 1 amide bonds. The Bertz CT molecular complexity index is 845. The van der Waals surface area contributed by atoms with Crippen LogP contribution < -0.4 is 0 Å². The summed E-state index contributed by atoms with van der Waals surface area (Å²) in [4.78, 5) is 24.8. The van der Waals surface area contributed by atoms with E-state index in [1.807, 2.05) is 0 Å². The smallest absolute Gasteiger partial charge is 0.417 e. The first-order valence-corrected chi connectivity index (χ1v) is 8.30. The quantitative estimate of drug-likeness (QED) is 0.885. The lowest BCUT2D eigenvalue weighted by atomic mass is 9.92. The van der Waals surface area contributed by atoms with E-state index in [2.05, 4.69) is 10.2 Å². The standard InChI is InChI=1S/C18H16F3N3O3/c19-18(20,21)13-4-2-1-3-12(13)16(25)24-9-7-11(8-10-24)14-5-6-15(17(26)27)23-22-14/h1-6,11H,7-10H2,(H,26,27). The van der Waals surface area contributed by atoms with Gasteiger partial charge in [-0.05, 0) is 37.1 Å². The van der Waals surface area contributed by atoms with Gasteiger partial charge in [0.25, 0.3) is 5.91 Å². The molecule has 2 aromatic rings. The van der Waals surface area contributed by atoms with Crippen molar-refractivity contribution >= 4 is 11.9 Å². The molecular weight excluding hydrogens is 363 g/mol. The number of aromatic nitrogens is 2. The van der Waals surface area contributed by atoms with Gasteiger partial charge < -0.3 is 10.0 Å². The minimum atomic E-state index is -4.59. The van der Waals surface area contributed by atoms with E-state index in [4.69, 9.17) is 5.11 Å². The number of carbonyl (C=O) groups excluding carboxylic acids is 1. The van der Waals surface area contributed by atoms with E-state index in [9.17, 15) is 22.8 Å². The number of piperidine rings is 1. The molecule has 0 atom stereocenters. The number of benzene rings is 1. The Labute approximate surface area is 152 Å². The lowest BCUT2D eigenvalue weighted by Gasteiger charge is -2.32. The Morgan fingerprint density at radius 2 is 1.70 bits per heavy atom. The van der Waals surface area contributed by atoms with Crippen molar-refractivity contribution in [1.82, 2.24) is 15.1 Å². The number of hydrogen-bond acceptors (Lipinski definition) is 4. The van der Waals surface area contributed by atoms with Gasteiger partial charge in [0, 0.05) is 19.0 Å². The van der Waals surface area contributed by atoms with Crippen molar-refractivity contribution in [1.29, 1.82) is 0 Å². The number of aromatic carboxylic acids is 1. The van der Waals surface area contributed by atoms with Crippen molar-refractivity contribution in [2.45, 2.75) is 24.9 Å². The maximum Gasteiger partial charge on any atom is 0.417 e. The van der Waals surface area contributed by atoms with E-state index in [-0.39, 0.29) is 30.3 Å². The van der Waals surface area contributed by atoms with E-state index < -0.39 is 23.6 Å². The van der Waals surface area contributed by atoms with Gasteiger partial charge in [0.05, 0.1) is 16.8 Å². The SMILES string of the molecule is O=C(O)c1ccc(C2CCN(C(=O)c3ccccc3C(F)(F)F)CC2)nn1. The minimum Gasteiger partial charge on any atom is -0.476 e. The van der Waals surface area contributed by atoms with Crippen molar-refractivity contribution in [3.8, 4) is 0 Å². The molecule has 6 nitrogen and oxygen atoms in total. The van der Waals surface area contributed by atoms with Crippen molar-refractivity contribution in [3.05, 3.63) is 58.9 Å². The minimum absolute atomic E-state index is 0.0257. The molecule has 1 aromatic carbocycles. The Morgan fingerprint density at radius 3 is 2.26 bits per heavy atom. The number of halogens is 3. The number of rotatable bonds is 3. The van der Waals surface area contributed by atoms with Crippen LogP contribution in [-0.4, -0.2) is 45.2 Å². The van der Waals surface area contributed by atoms with Crippen LogP contribution in [0, 0.1) is 0 Å². The number of hydrogen-bond donors (Lipinski definition) is 1. The fourth-order valence-electron chi connectivity index (χ4n) is 3.14. The lowest BCUT2D eigenvalue weighted by Crippen LogP contribution is -2.39. The molecule has 9 heteroatoms. The summed E-state index contributed by atoms with van der Waals surface area (Å²) in [5.74, 6) is -1.84. The average Bonchev–Trinajstić information content (AvgIpc) is 2.67. The molecule has 1 N–H and O–H groups in total. The number of nitrogens with zero attached hydrogens (tertiary/aromatic N) is 3. The highest BCUT2D eigenvalue weighted by Crippen LogP contribution is 2.33. The van der Waals surface area contributed by atoms with Gasteiger partial charge >= 0.3 is 12.1 Å². The van der Waals surface area contributed by atoms with Gasteiger partial charge in [0.15, 0.2) is 5.69 Å². The van der Waals surface area contributed by atoms with Crippen molar-refractivity contribution in [3.63, 3.8) is 0 Å². The predicted molar refractivity (Wildman–Crippen MR) is 88.3 cm³/mol. The number of amides is 1. The third kappa shape index (κ3) is 4.07. The topological polar surface area (TPSA) is 83.4 Å². The Hall–Kier alpha value is -2.97. The predicted octanol–water partition coefficient (Wildman–Crippen LogP) is 3.21. The third-order valence-electron chi connectivity index (χ3n) is 4.57. The molecule has 142 valence electrons. The molecule has 0 aliphatic carbocycles. The van der Waals surface area contributed by atoms with Gasteiger partial charge in [-0.3, -0.25) is 4.79 Å². The molecule has 1 saturated heterocycles. The summed E-state index contributed by atoms with van der Waals surface area (Å²) < 4.78 is 39.4. The second-order valence-electron chi connectivity index (χ2n) is 6.26. The Morgan fingerprint density at radius 1 is 1.04 bits per heavy atom. The number of carbonyl (C=O) groups is 2. The molecule has 0 radical (unpaired) electrons. The van der Waals surface area contributed by atoms with Crippen LogP contribution in [0.3, 0.4) is 0 Å². The summed E-state index contributed by atoms with van der Waals surface area (Å²) in [6, 6.07) is 7.70. The molecule has 0 bridgehead atoms. The summed E-state index contributed by atoms with van der Waals surface area (Å²) in [5.41, 5.74) is -0.834. The number of carboxylic acids is 1. The second kappa shape index (κ2) is 7.34. The van der Waals surface area contributed by atoms with Gasteiger partial charge in [0.1, 0.15) is 0 Å². The highest BCUT2D eigenvalue weighted by molar-refractivity contribution is 5.96. The zero-order valence-electron chi connectivity index (χ0n) is 14.1. The first-order chi connectivity index (χ1) is 12.8. The van der Waals surface area contributed by atoms with Crippen LogP contribution in [0.4, 0.5) is 13.2 Å². The van der Waals surface area contributed by atoms with E-state index in [1.165, 1.54) is 29.2 Å². The van der Waals surface area contributed by atoms with Crippen LogP contribution in [0.25, 0.3) is 0 Å². The van der Waals surface area contributed by atoms with Crippen molar-refractivity contribution in [2.75, 3.05) is 13.1 Å². The monoisotopic (exact) mass is 379 g/mol. The van der Waals surface area contributed by atoms with Crippen LogP contribution in [0.15, 0.2) is 36.4 Å². The van der Waals surface area contributed by atoms with Gasteiger partial charge in [-0.15, -0.1) is 5.10 Å². The fraction of sp³-hybridized carbons (Fsp3) is 0.333. The fourth-order valence-corrected chi connectivity index (χ4v) is 3.14. The number of alkyl halides is 3. The molecule has 1 aliphatic rings. The van der Waals surface area contributed by atoms with Gasteiger partial charge in [-0.2, -0.15) is 18.3 Å². The summed E-state index contributed by atoms with van der Waals surface area (Å²) in [6.07, 6.45) is -3.56. The largest absolute Gasteiger partial charge is 0.476 e. The molecule has 0 spiro atoms. The zero-order valence-corrected chi connectivity index (χ0v) is 14.1. The Balaban J connectivity index is 1.69.